The SMILES string of the molecule is Cc1nc(C(=O)N2CCCC[C@H]2CNc2c(F)cc(C#N)cc2F)c(-c2ccc(F)cc2)s1. The Kier molecular flexibility index (Phi) is 6.65. The molecule has 1 aliphatic rings. The van der Waals surface area contributed by atoms with Gasteiger partial charge in [-0.1, -0.05) is 12.1 Å². The standard InChI is InChI=1S/C24H21F3N4OS/c1-14-30-22(23(33-14)16-5-7-17(25)8-6-16)24(32)31-9-3-2-4-18(31)13-29-21-19(26)10-15(12-28)11-20(21)27/h5-8,10-11,18,29H,2-4,9,13H2,1H3/t18-/m0/s1. The zero-order valence-electron chi connectivity index (χ0n) is 17.9. The molecule has 1 fully saturated rings. The summed E-state index contributed by atoms with van der Waals surface area (Å²) in [5.74, 6) is -2.33. The fourth-order valence-electron chi connectivity index (χ4n) is 4.01. The minimum absolute atomic E-state index is 0.0998. The maximum atomic E-state index is 14.3. The molecule has 3 aromatic rings. The molecular formula is C24H21F3N4OS. The lowest BCUT2D eigenvalue weighted by Crippen LogP contribution is -2.47. The van der Waals surface area contributed by atoms with Crippen molar-refractivity contribution in [3.63, 3.8) is 0 Å². The van der Waals surface area contributed by atoms with Gasteiger partial charge in [0.2, 0.25) is 0 Å². The molecule has 0 bridgehead atoms. The Balaban J connectivity index is 1.57. The van der Waals surface area contributed by atoms with Gasteiger partial charge in [-0.3, -0.25) is 4.79 Å². The molecule has 1 amide bonds. The highest BCUT2D eigenvalue weighted by molar-refractivity contribution is 7.15. The van der Waals surface area contributed by atoms with Crippen LogP contribution >= 0.6 is 11.3 Å². The summed E-state index contributed by atoms with van der Waals surface area (Å²) in [5, 5.41) is 12.4. The van der Waals surface area contributed by atoms with Crippen LogP contribution in [0.4, 0.5) is 18.9 Å². The zero-order chi connectivity index (χ0) is 23.5. The Bertz CT molecular complexity index is 1200. The van der Waals surface area contributed by atoms with E-state index >= 15 is 0 Å². The van der Waals surface area contributed by atoms with Gasteiger partial charge in [0.15, 0.2) is 11.6 Å². The first-order valence-electron chi connectivity index (χ1n) is 10.5. The molecule has 9 heteroatoms. The lowest BCUT2D eigenvalue weighted by atomic mass is 10.0. The zero-order valence-corrected chi connectivity index (χ0v) is 18.7. The first-order chi connectivity index (χ1) is 15.9. The van der Waals surface area contributed by atoms with Gasteiger partial charge < -0.3 is 10.2 Å². The first kappa shape index (κ1) is 22.8. The molecule has 0 saturated carbocycles. The summed E-state index contributed by atoms with van der Waals surface area (Å²) in [4.78, 5) is 20.3. The molecule has 1 saturated heterocycles. The normalized spacial score (nSPS) is 15.8. The van der Waals surface area contributed by atoms with Gasteiger partial charge in [0.05, 0.1) is 21.5 Å². The van der Waals surface area contributed by atoms with Crippen LogP contribution in [0, 0.1) is 35.7 Å². The fraction of sp³-hybridized carbons (Fsp3) is 0.292. The van der Waals surface area contributed by atoms with Crippen LogP contribution in [0.2, 0.25) is 0 Å². The second-order valence-electron chi connectivity index (χ2n) is 7.87. The van der Waals surface area contributed by atoms with Gasteiger partial charge in [-0.2, -0.15) is 5.26 Å². The van der Waals surface area contributed by atoms with Gasteiger partial charge in [0.25, 0.3) is 5.91 Å². The minimum atomic E-state index is -0.853. The molecular weight excluding hydrogens is 449 g/mol. The highest BCUT2D eigenvalue weighted by atomic mass is 32.1. The highest BCUT2D eigenvalue weighted by Gasteiger charge is 2.31. The number of amides is 1. The third kappa shape index (κ3) is 4.86. The number of carbonyl (C=O) groups is 1. The van der Waals surface area contributed by atoms with Crippen LogP contribution in [-0.4, -0.2) is 34.9 Å². The number of carbonyl (C=O) groups excluding carboxylic acids is 1. The summed E-state index contributed by atoms with van der Waals surface area (Å²) in [7, 11) is 0. The number of halogens is 3. The third-order valence-electron chi connectivity index (χ3n) is 5.62. The van der Waals surface area contributed by atoms with E-state index in [0.717, 1.165) is 25.0 Å². The smallest absolute Gasteiger partial charge is 0.274 e. The molecule has 2 aromatic carbocycles. The third-order valence-corrected chi connectivity index (χ3v) is 6.64. The van der Waals surface area contributed by atoms with Crippen molar-refractivity contribution in [2.24, 2.45) is 0 Å². The molecule has 1 aliphatic heterocycles. The molecule has 5 nitrogen and oxygen atoms in total. The molecule has 0 spiro atoms. The first-order valence-corrected chi connectivity index (χ1v) is 11.4. The van der Waals surface area contributed by atoms with E-state index in [1.54, 1.807) is 30.0 Å². The Morgan fingerprint density at radius 2 is 1.91 bits per heavy atom. The lowest BCUT2D eigenvalue weighted by Gasteiger charge is -2.36. The Morgan fingerprint density at radius 1 is 1.21 bits per heavy atom. The largest absolute Gasteiger partial charge is 0.378 e. The van der Waals surface area contributed by atoms with Gasteiger partial charge >= 0.3 is 0 Å². The average Bonchev–Trinajstić information content (AvgIpc) is 3.20. The van der Waals surface area contributed by atoms with Crippen molar-refractivity contribution in [3.05, 3.63) is 70.1 Å². The number of hydrogen-bond acceptors (Lipinski definition) is 5. The van der Waals surface area contributed by atoms with Crippen molar-refractivity contribution >= 4 is 22.9 Å². The average molecular weight is 471 g/mol. The van der Waals surface area contributed by atoms with Crippen molar-refractivity contribution in [2.75, 3.05) is 18.4 Å². The number of nitriles is 1. The van der Waals surface area contributed by atoms with E-state index in [1.807, 2.05) is 0 Å². The molecule has 1 N–H and O–H groups in total. The predicted octanol–water partition coefficient (Wildman–Crippen LogP) is 5.51. The maximum absolute atomic E-state index is 14.3. The number of piperidine rings is 1. The summed E-state index contributed by atoms with van der Waals surface area (Å²) in [6, 6.07) is 9.29. The van der Waals surface area contributed by atoms with Crippen molar-refractivity contribution in [1.29, 1.82) is 5.26 Å². The second kappa shape index (κ2) is 9.63. The van der Waals surface area contributed by atoms with Gasteiger partial charge in [0, 0.05) is 19.1 Å². The number of likely N-dealkylation sites (tertiary alicyclic amines) is 1. The van der Waals surface area contributed by atoms with E-state index in [2.05, 4.69) is 10.3 Å². The van der Waals surface area contributed by atoms with Crippen molar-refractivity contribution in [2.45, 2.75) is 32.2 Å². The molecule has 2 heterocycles. The van der Waals surface area contributed by atoms with E-state index in [-0.39, 0.29) is 35.6 Å². The molecule has 0 unspecified atom stereocenters. The number of benzene rings is 2. The highest BCUT2D eigenvalue weighted by Crippen LogP contribution is 2.32. The van der Waals surface area contributed by atoms with E-state index < -0.39 is 11.6 Å². The van der Waals surface area contributed by atoms with Gasteiger partial charge in [0.1, 0.15) is 17.2 Å². The number of hydrogen-bond donors (Lipinski definition) is 1. The van der Waals surface area contributed by atoms with Crippen LogP contribution in [0.3, 0.4) is 0 Å². The Labute approximate surface area is 193 Å². The van der Waals surface area contributed by atoms with Gasteiger partial charge in [-0.05, 0) is 56.0 Å². The fourth-order valence-corrected chi connectivity index (χ4v) is 4.93. The molecule has 1 aromatic heterocycles. The number of nitrogens with zero attached hydrogens (tertiary/aromatic N) is 3. The number of aromatic nitrogens is 1. The van der Waals surface area contributed by atoms with E-state index in [9.17, 15) is 18.0 Å². The second-order valence-corrected chi connectivity index (χ2v) is 9.08. The minimum Gasteiger partial charge on any atom is -0.378 e. The number of rotatable bonds is 5. The summed E-state index contributed by atoms with van der Waals surface area (Å²) in [6.07, 6.45) is 2.37. The van der Waals surface area contributed by atoms with E-state index in [4.69, 9.17) is 5.26 Å². The quantitative estimate of drug-likeness (QED) is 0.534. The summed E-state index contributed by atoms with van der Waals surface area (Å²) in [6.45, 7) is 2.46. The molecule has 1 atom stereocenters. The molecule has 33 heavy (non-hydrogen) atoms. The van der Waals surface area contributed by atoms with Gasteiger partial charge in [-0.15, -0.1) is 11.3 Å². The Morgan fingerprint density at radius 3 is 2.58 bits per heavy atom. The van der Waals surface area contributed by atoms with Crippen LogP contribution in [0.1, 0.15) is 40.3 Å². The topological polar surface area (TPSA) is 69.0 Å². The summed E-state index contributed by atoms with van der Waals surface area (Å²) >= 11 is 1.36. The monoisotopic (exact) mass is 470 g/mol. The van der Waals surface area contributed by atoms with E-state index in [1.165, 1.54) is 23.5 Å². The molecule has 0 radical (unpaired) electrons. The van der Waals surface area contributed by atoms with E-state index in [0.29, 0.717) is 34.1 Å². The summed E-state index contributed by atoms with van der Waals surface area (Å²) < 4.78 is 41.9. The van der Waals surface area contributed by atoms with Crippen LogP contribution < -0.4 is 5.32 Å². The number of thiazole rings is 1. The molecule has 0 aliphatic carbocycles. The van der Waals surface area contributed by atoms with Crippen molar-refractivity contribution in [3.8, 4) is 16.5 Å². The number of nitrogens with one attached hydrogen (secondary N) is 1. The number of anilines is 1. The Hall–Kier alpha value is -3.38. The van der Waals surface area contributed by atoms with Crippen LogP contribution in [0.5, 0.6) is 0 Å². The van der Waals surface area contributed by atoms with Crippen LogP contribution in [-0.2, 0) is 0 Å². The molecule has 170 valence electrons. The van der Waals surface area contributed by atoms with Crippen molar-refractivity contribution < 1.29 is 18.0 Å². The predicted molar refractivity (Wildman–Crippen MR) is 120 cm³/mol. The molecule has 4 rings (SSSR count). The summed E-state index contributed by atoms with van der Waals surface area (Å²) in [5.41, 5.74) is 0.589. The lowest BCUT2D eigenvalue weighted by molar-refractivity contribution is 0.0623. The van der Waals surface area contributed by atoms with Crippen molar-refractivity contribution in [1.82, 2.24) is 9.88 Å². The van der Waals surface area contributed by atoms with Gasteiger partial charge in [-0.25, -0.2) is 18.2 Å². The number of aryl methyl sites for hydroxylation is 1. The van der Waals surface area contributed by atoms with Crippen LogP contribution in [0.15, 0.2) is 36.4 Å². The maximum Gasteiger partial charge on any atom is 0.274 e. The van der Waals surface area contributed by atoms with Crippen LogP contribution in [0.25, 0.3) is 10.4 Å².